The van der Waals surface area contributed by atoms with Crippen LogP contribution in [0.2, 0.25) is 0 Å². The highest BCUT2D eigenvalue weighted by molar-refractivity contribution is 7.89. The van der Waals surface area contributed by atoms with Crippen molar-refractivity contribution < 1.29 is 8.42 Å². The minimum atomic E-state index is -3.55. The Kier molecular flexibility index (Phi) is 4.71. The van der Waals surface area contributed by atoms with Crippen LogP contribution in [-0.4, -0.2) is 14.0 Å². The molecule has 0 atom stereocenters. The maximum absolute atomic E-state index is 12.3. The van der Waals surface area contributed by atoms with Crippen LogP contribution in [0.3, 0.4) is 0 Å². The Bertz CT molecular complexity index is 548. The van der Waals surface area contributed by atoms with Gasteiger partial charge in [0.05, 0.1) is 4.90 Å². The number of sulfonamides is 1. The van der Waals surface area contributed by atoms with Gasteiger partial charge in [-0.3, -0.25) is 0 Å². The summed E-state index contributed by atoms with van der Waals surface area (Å²) in [5.74, 6) is -0.146. The molecular formula is C15H21NO2S. The first kappa shape index (κ1) is 15.7. The molecule has 104 valence electrons. The van der Waals surface area contributed by atoms with Gasteiger partial charge in [0.2, 0.25) is 10.0 Å². The van der Waals surface area contributed by atoms with Crippen molar-refractivity contribution in [1.82, 2.24) is 4.72 Å². The molecule has 0 unspecified atom stereocenters. The van der Waals surface area contributed by atoms with E-state index in [2.05, 4.69) is 17.9 Å². The van der Waals surface area contributed by atoms with Crippen molar-refractivity contribution in [3.8, 4) is 0 Å². The molecule has 4 heteroatoms. The zero-order chi connectivity index (χ0) is 14.7. The fourth-order valence-corrected chi connectivity index (χ4v) is 3.32. The zero-order valence-electron chi connectivity index (χ0n) is 11.7. The Morgan fingerprint density at radius 1 is 1.16 bits per heavy atom. The van der Waals surface area contributed by atoms with Crippen molar-refractivity contribution in [1.29, 1.82) is 0 Å². The Balaban J connectivity index is 3.06. The summed E-state index contributed by atoms with van der Waals surface area (Å²) in [7, 11) is -3.55. The van der Waals surface area contributed by atoms with E-state index < -0.39 is 15.6 Å². The Hall–Kier alpha value is -1.39. The van der Waals surface area contributed by atoms with Gasteiger partial charge in [0, 0.05) is 11.5 Å². The molecule has 0 aliphatic carbocycles. The molecule has 0 heterocycles. The number of aryl methyl sites for hydroxylation is 1. The van der Waals surface area contributed by atoms with Crippen LogP contribution in [0.4, 0.5) is 0 Å². The molecule has 0 aromatic heterocycles. The third-order valence-corrected chi connectivity index (χ3v) is 4.76. The van der Waals surface area contributed by atoms with E-state index in [4.69, 9.17) is 0 Å². The normalized spacial score (nSPS) is 12.4. The SMILES string of the molecule is C=CC(C=C)C(C)(C)NS(=O)(=O)c1ccc(C)cc1. The first-order valence-corrected chi connectivity index (χ1v) is 7.57. The summed E-state index contributed by atoms with van der Waals surface area (Å²) < 4.78 is 27.3. The fraction of sp³-hybridized carbons (Fsp3) is 0.333. The average Bonchev–Trinajstić information content (AvgIpc) is 2.29. The first-order valence-electron chi connectivity index (χ1n) is 6.08. The minimum absolute atomic E-state index is 0.146. The van der Waals surface area contributed by atoms with E-state index in [-0.39, 0.29) is 10.8 Å². The number of hydrogen-bond acceptors (Lipinski definition) is 2. The molecule has 3 nitrogen and oxygen atoms in total. The summed E-state index contributed by atoms with van der Waals surface area (Å²) in [4.78, 5) is 0.262. The minimum Gasteiger partial charge on any atom is -0.207 e. The van der Waals surface area contributed by atoms with Crippen molar-refractivity contribution in [3.63, 3.8) is 0 Å². The van der Waals surface area contributed by atoms with Gasteiger partial charge in [-0.15, -0.1) is 13.2 Å². The number of nitrogens with one attached hydrogen (secondary N) is 1. The maximum Gasteiger partial charge on any atom is 0.241 e. The van der Waals surface area contributed by atoms with Crippen molar-refractivity contribution in [2.45, 2.75) is 31.2 Å². The van der Waals surface area contributed by atoms with E-state index in [1.54, 1.807) is 36.4 Å². The third-order valence-electron chi connectivity index (χ3n) is 3.07. The molecule has 0 radical (unpaired) electrons. The molecule has 0 aliphatic rings. The largest absolute Gasteiger partial charge is 0.241 e. The molecule has 0 amide bonds. The second kappa shape index (κ2) is 5.72. The summed E-state index contributed by atoms with van der Waals surface area (Å²) >= 11 is 0. The molecular weight excluding hydrogens is 258 g/mol. The van der Waals surface area contributed by atoms with Gasteiger partial charge in [0.1, 0.15) is 0 Å². The number of rotatable bonds is 6. The highest BCUT2D eigenvalue weighted by Gasteiger charge is 2.30. The lowest BCUT2D eigenvalue weighted by Gasteiger charge is -2.31. The lowest BCUT2D eigenvalue weighted by atomic mass is 9.89. The molecule has 19 heavy (non-hydrogen) atoms. The predicted molar refractivity (Wildman–Crippen MR) is 79.5 cm³/mol. The second-order valence-electron chi connectivity index (χ2n) is 5.14. The van der Waals surface area contributed by atoms with E-state index in [0.29, 0.717) is 0 Å². The van der Waals surface area contributed by atoms with Crippen LogP contribution < -0.4 is 4.72 Å². The predicted octanol–water partition coefficient (Wildman–Crippen LogP) is 3.04. The molecule has 0 saturated carbocycles. The quantitative estimate of drug-likeness (QED) is 0.814. The van der Waals surface area contributed by atoms with Crippen LogP contribution in [-0.2, 0) is 10.0 Å². The highest BCUT2D eigenvalue weighted by atomic mass is 32.2. The van der Waals surface area contributed by atoms with Crippen molar-refractivity contribution in [3.05, 3.63) is 55.1 Å². The van der Waals surface area contributed by atoms with Crippen LogP contribution in [0, 0.1) is 12.8 Å². The van der Waals surface area contributed by atoms with Gasteiger partial charge < -0.3 is 0 Å². The van der Waals surface area contributed by atoms with Crippen LogP contribution >= 0.6 is 0 Å². The fourth-order valence-electron chi connectivity index (χ4n) is 1.88. The molecule has 0 saturated heterocycles. The highest BCUT2D eigenvalue weighted by Crippen LogP contribution is 2.22. The topological polar surface area (TPSA) is 46.2 Å². The molecule has 0 fully saturated rings. The van der Waals surface area contributed by atoms with Gasteiger partial charge in [0.15, 0.2) is 0 Å². The van der Waals surface area contributed by atoms with Gasteiger partial charge in [-0.25, -0.2) is 13.1 Å². The lowest BCUT2D eigenvalue weighted by molar-refractivity contribution is 0.394. The van der Waals surface area contributed by atoms with Gasteiger partial charge in [-0.2, -0.15) is 0 Å². The zero-order valence-corrected chi connectivity index (χ0v) is 12.5. The maximum atomic E-state index is 12.3. The van der Waals surface area contributed by atoms with E-state index in [9.17, 15) is 8.42 Å². The summed E-state index contributed by atoms with van der Waals surface area (Å²) in [6, 6.07) is 6.76. The average molecular weight is 279 g/mol. The standard InChI is InChI=1S/C15H21NO2S/c1-6-13(7-2)15(4,5)16-19(17,18)14-10-8-12(3)9-11-14/h6-11,13,16H,1-2H2,3-5H3. The molecule has 1 aromatic rings. The monoisotopic (exact) mass is 279 g/mol. The number of benzene rings is 1. The van der Waals surface area contributed by atoms with Crippen molar-refractivity contribution >= 4 is 10.0 Å². The summed E-state index contributed by atoms with van der Waals surface area (Å²) in [6.45, 7) is 13.0. The van der Waals surface area contributed by atoms with E-state index >= 15 is 0 Å². The van der Waals surface area contributed by atoms with Crippen LogP contribution in [0.15, 0.2) is 54.5 Å². The van der Waals surface area contributed by atoms with Crippen LogP contribution in [0.1, 0.15) is 19.4 Å². The van der Waals surface area contributed by atoms with Crippen molar-refractivity contribution in [2.75, 3.05) is 0 Å². The van der Waals surface area contributed by atoms with Gasteiger partial charge in [-0.1, -0.05) is 29.8 Å². The number of hydrogen-bond donors (Lipinski definition) is 1. The van der Waals surface area contributed by atoms with Crippen molar-refractivity contribution in [2.24, 2.45) is 5.92 Å². The van der Waals surface area contributed by atoms with Gasteiger partial charge in [-0.05, 0) is 32.9 Å². The third kappa shape index (κ3) is 3.78. The Morgan fingerprint density at radius 3 is 2.05 bits per heavy atom. The molecule has 1 aromatic carbocycles. The molecule has 0 spiro atoms. The van der Waals surface area contributed by atoms with Gasteiger partial charge in [0.25, 0.3) is 0 Å². The summed E-state index contributed by atoms with van der Waals surface area (Å²) in [5, 5.41) is 0. The van der Waals surface area contributed by atoms with Gasteiger partial charge >= 0.3 is 0 Å². The molecule has 0 bridgehead atoms. The van der Waals surface area contributed by atoms with Crippen LogP contribution in [0.5, 0.6) is 0 Å². The molecule has 1 N–H and O–H groups in total. The second-order valence-corrected chi connectivity index (χ2v) is 6.82. The molecule has 0 aliphatic heterocycles. The van der Waals surface area contributed by atoms with E-state index in [0.717, 1.165) is 5.56 Å². The Labute approximate surface area is 116 Å². The van der Waals surface area contributed by atoms with E-state index in [1.165, 1.54) is 0 Å². The lowest BCUT2D eigenvalue weighted by Crippen LogP contribution is -2.47. The summed E-state index contributed by atoms with van der Waals surface area (Å²) in [5.41, 5.74) is 0.348. The van der Waals surface area contributed by atoms with Crippen LogP contribution in [0.25, 0.3) is 0 Å². The first-order chi connectivity index (χ1) is 8.73. The summed E-state index contributed by atoms with van der Waals surface area (Å²) in [6.07, 6.45) is 3.37. The Morgan fingerprint density at radius 2 is 1.63 bits per heavy atom. The molecule has 1 rings (SSSR count). The van der Waals surface area contributed by atoms with E-state index in [1.807, 2.05) is 20.8 Å². The smallest absolute Gasteiger partial charge is 0.207 e.